The molecule has 0 heterocycles. The predicted molar refractivity (Wildman–Crippen MR) is 175 cm³/mol. The number of carbonyl (C=O) groups is 2. The van der Waals surface area contributed by atoms with Gasteiger partial charge in [-0.1, -0.05) is 133 Å². The minimum atomic E-state index is -0.676. The smallest absolute Gasteiger partial charge is 0.159 e. The molecule has 0 saturated carbocycles. The summed E-state index contributed by atoms with van der Waals surface area (Å²) in [6.07, 6.45) is 0. The molecule has 0 spiro atoms. The highest BCUT2D eigenvalue weighted by Crippen LogP contribution is 2.57. The minimum Gasteiger partial charge on any atom is -0.295 e. The van der Waals surface area contributed by atoms with Gasteiger partial charge < -0.3 is 0 Å². The molecule has 206 valence electrons. The lowest BCUT2D eigenvalue weighted by Gasteiger charge is -2.34. The molecule has 0 fully saturated rings. The van der Waals surface area contributed by atoms with Gasteiger partial charge in [0.15, 0.2) is 11.6 Å². The molecule has 0 bridgehead atoms. The Bertz CT molecular complexity index is 1840. The fourth-order valence-corrected chi connectivity index (χ4v) is 6.64. The second kappa shape index (κ2) is 10.5. The highest BCUT2D eigenvalue weighted by atomic mass is 16.1. The lowest BCUT2D eigenvalue weighted by atomic mass is 9.67. The van der Waals surface area contributed by atoms with Crippen LogP contribution in [-0.4, -0.2) is 11.6 Å². The molecule has 0 unspecified atom stereocenters. The van der Waals surface area contributed by atoms with Crippen molar-refractivity contribution in [3.05, 3.63) is 179 Å². The minimum absolute atomic E-state index is 0.0383. The van der Waals surface area contributed by atoms with E-state index in [0.717, 1.165) is 33.4 Å². The first-order chi connectivity index (χ1) is 21.0. The van der Waals surface area contributed by atoms with Crippen LogP contribution in [0.1, 0.15) is 56.8 Å². The van der Waals surface area contributed by atoms with Crippen molar-refractivity contribution in [2.24, 2.45) is 0 Å². The summed E-state index contributed by atoms with van der Waals surface area (Å²) in [6, 6.07) is 50.6. The van der Waals surface area contributed by atoms with Gasteiger partial charge >= 0.3 is 0 Å². The van der Waals surface area contributed by atoms with Crippen LogP contribution in [0.5, 0.6) is 0 Å². The highest BCUT2D eigenvalue weighted by Gasteiger charge is 2.46. The Labute approximate surface area is 252 Å². The summed E-state index contributed by atoms with van der Waals surface area (Å²) >= 11 is 0. The van der Waals surface area contributed by atoms with E-state index in [4.69, 9.17) is 0 Å². The molecule has 6 aromatic rings. The van der Waals surface area contributed by atoms with Gasteiger partial charge in [0.1, 0.15) is 0 Å². The van der Waals surface area contributed by atoms with Crippen LogP contribution in [0.15, 0.2) is 146 Å². The summed E-state index contributed by atoms with van der Waals surface area (Å²) in [5.74, 6) is 0.0766. The topological polar surface area (TPSA) is 34.1 Å². The molecular weight excluding hydrogens is 524 g/mol. The molecule has 0 radical (unpaired) electrons. The maximum atomic E-state index is 12.3. The van der Waals surface area contributed by atoms with E-state index < -0.39 is 5.41 Å². The van der Waals surface area contributed by atoms with Crippen LogP contribution in [-0.2, 0) is 5.41 Å². The van der Waals surface area contributed by atoms with E-state index in [-0.39, 0.29) is 11.6 Å². The highest BCUT2D eigenvalue weighted by molar-refractivity contribution is 5.96. The van der Waals surface area contributed by atoms with Gasteiger partial charge in [-0.25, -0.2) is 0 Å². The van der Waals surface area contributed by atoms with Crippen LogP contribution in [0.4, 0.5) is 0 Å². The Balaban J connectivity index is 1.58. The lowest BCUT2D eigenvalue weighted by Crippen LogP contribution is -2.29. The molecule has 7 rings (SSSR count). The Morgan fingerprint density at radius 3 is 1.14 bits per heavy atom. The third-order valence-corrected chi connectivity index (χ3v) is 8.80. The Morgan fingerprint density at radius 1 is 0.419 bits per heavy atom. The predicted octanol–water partition coefficient (Wildman–Crippen LogP) is 9.79. The number of Topliss-reactive ketones (excluding diaryl/α,β-unsaturated/α-hetero) is 2. The number of fused-ring (bicyclic) bond motifs is 3. The van der Waals surface area contributed by atoms with Crippen LogP contribution >= 0.6 is 0 Å². The first-order valence-electron chi connectivity index (χ1n) is 14.6. The van der Waals surface area contributed by atoms with E-state index in [0.29, 0.717) is 11.1 Å². The summed E-state index contributed by atoms with van der Waals surface area (Å²) in [4.78, 5) is 24.6. The van der Waals surface area contributed by atoms with Gasteiger partial charge in [-0.2, -0.15) is 0 Å². The molecule has 0 amide bonds. The molecule has 0 atom stereocenters. The van der Waals surface area contributed by atoms with Crippen LogP contribution in [0, 0.1) is 0 Å². The normalized spacial score (nSPS) is 12.8. The molecular formula is C41H30O2. The van der Waals surface area contributed by atoms with Crippen LogP contribution in [0.25, 0.3) is 33.4 Å². The van der Waals surface area contributed by atoms with Gasteiger partial charge in [-0.05, 0) is 81.6 Å². The number of hydrogen-bond donors (Lipinski definition) is 0. The zero-order chi connectivity index (χ0) is 29.6. The third kappa shape index (κ3) is 4.35. The van der Waals surface area contributed by atoms with Gasteiger partial charge in [0.25, 0.3) is 0 Å². The second-order valence-electron chi connectivity index (χ2n) is 11.3. The molecule has 0 N–H and O–H groups in total. The molecule has 1 aliphatic carbocycles. The van der Waals surface area contributed by atoms with Crippen LogP contribution in [0.2, 0.25) is 0 Å². The molecule has 6 aromatic carbocycles. The molecule has 0 aromatic heterocycles. The monoisotopic (exact) mass is 554 g/mol. The lowest BCUT2D eigenvalue weighted by molar-refractivity contribution is 0.100. The Hall–Kier alpha value is -5.34. The molecule has 0 saturated heterocycles. The first kappa shape index (κ1) is 26.6. The van der Waals surface area contributed by atoms with Gasteiger partial charge in [0.05, 0.1) is 5.41 Å². The molecule has 0 aliphatic heterocycles. The van der Waals surface area contributed by atoms with Crippen molar-refractivity contribution < 1.29 is 9.59 Å². The average Bonchev–Trinajstić information content (AvgIpc) is 3.35. The molecule has 2 heteroatoms. The number of ketones is 2. The average molecular weight is 555 g/mol. The summed E-state index contributed by atoms with van der Waals surface area (Å²) in [7, 11) is 0. The van der Waals surface area contributed by atoms with Gasteiger partial charge in [0.2, 0.25) is 0 Å². The van der Waals surface area contributed by atoms with Crippen molar-refractivity contribution in [1.29, 1.82) is 0 Å². The third-order valence-electron chi connectivity index (χ3n) is 8.80. The zero-order valence-corrected chi connectivity index (χ0v) is 24.2. The van der Waals surface area contributed by atoms with Crippen LogP contribution < -0.4 is 0 Å². The first-order valence-corrected chi connectivity index (χ1v) is 14.6. The van der Waals surface area contributed by atoms with Crippen molar-refractivity contribution in [1.82, 2.24) is 0 Å². The second-order valence-corrected chi connectivity index (χ2v) is 11.3. The quantitative estimate of drug-likeness (QED) is 0.192. The van der Waals surface area contributed by atoms with E-state index in [2.05, 4.69) is 109 Å². The molecule has 2 nitrogen and oxygen atoms in total. The fraction of sp³-hybridized carbons (Fsp3) is 0.0732. The number of rotatable bonds is 6. The Morgan fingerprint density at radius 2 is 0.791 bits per heavy atom. The summed E-state index contributed by atoms with van der Waals surface area (Å²) in [6.45, 7) is 3.20. The Kier molecular flexibility index (Phi) is 6.48. The SMILES string of the molecule is CC(=O)c1ccc(C2(c3ccc(C(C)=O)cc3)c3cc(-c4ccccc4)ccc3-c3ccc(-c4ccccc4)cc32)cc1. The molecule has 1 aliphatic rings. The number of benzene rings is 6. The largest absolute Gasteiger partial charge is 0.295 e. The van der Waals surface area contributed by atoms with E-state index >= 15 is 0 Å². The van der Waals surface area contributed by atoms with Crippen molar-refractivity contribution >= 4 is 11.6 Å². The van der Waals surface area contributed by atoms with Gasteiger partial charge in [-0.15, -0.1) is 0 Å². The maximum absolute atomic E-state index is 12.3. The maximum Gasteiger partial charge on any atom is 0.159 e. The van der Waals surface area contributed by atoms with E-state index in [9.17, 15) is 9.59 Å². The standard InChI is InChI=1S/C41H30O2/c1-27(42)29-13-19-35(20-14-29)41(36-21-15-30(16-22-36)28(2)43)39-25-33(31-9-5-3-6-10-31)17-23-37(39)38-24-18-34(26-40(38)41)32-11-7-4-8-12-32/h3-26H,1-2H3. The van der Waals surface area contributed by atoms with Crippen LogP contribution in [0.3, 0.4) is 0 Å². The van der Waals surface area contributed by atoms with Crippen molar-refractivity contribution in [3.8, 4) is 33.4 Å². The van der Waals surface area contributed by atoms with Gasteiger partial charge in [-0.3, -0.25) is 9.59 Å². The van der Waals surface area contributed by atoms with Gasteiger partial charge in [0, 0.05) is 11.1 Å². The molecule has 43 heavy (non-hydrogen) atoms. The fourth-order valence-electron chi connectivity index (χ4n) is 6.64. The van der Waals surface area contributed by atoms with E-state index in [1.54, 1.807) is 13.8 Å². The number of carbonyl (C=O) groups excluding carboxylic acids is 2. The zero-order valence-electron chi connectivity index (χ0n) is 24.2. The van der Waals surface area contributed by atoms with Crippen molar-refractivity contribution in [2.75, 3.05) is 0 Å². The van der Waals surface area contributed by atoms with E-state index in [1.807, 2.05) is 36.4 Å². The summed E-state index contributed by atoms with van der Waals surface area (Å²) in [5.41, 5.74) is 12.1. The summed E-state index contributed by atoms with van der Waals surface area (Å²) < 4.78 is 0. The van der Waals surface area contributed by atoms with E-state index in [1.165, 1.54) is 22.3 Å². The van der Waals surface area contributed by atoms with Crippen molar-refractivity contribution in [2.45, 2.75) is 19.3 Å². The number of hydrogen-bond acceptors (Lipinski definition) is 2. The summed E-state index contributed by atoms with van der Waals surface area (Å²) in [5, 5.41) is 0. The van der Waals surface area contributed by atoms with Crippen molar-refractivity contribution in [3.63, 3.8) is 0 Å².